The second-order valence-electron chi connectivity index (χ2n) is 5.70. The van der Waals surface area contributed by atoms with Crippen LogP contribution in [-0.4, -0.2) is 34.6 Å². The number of nitrogens with one attached hydrogen (secondary N) is 1. The molecule has 1 aromatic heterocycles. The Kier molecular flexibility index (Phi) is 3.20. The van der Waals surface area contributed by atoms with Crippen molar-refractivity contribution in [2.75, 3.05) is 11.9 Å². The highest BCUT2D eigenvalue weighted by Crippen LogP contribution is 2.34. The summed E-state index contributed by atoms with van der Waals surface area (Å²) in [6.07, 6.45) is 5.76. The van der Waals surface area contributed by atoms with E-state index in [1.54, 1.807) is 6.20 Å². The number of hydrogen-bond acceptors (Lipinski definition) is 3. The number of hydrogen-bond donors (Lipinski definition) is 1. The second kappa shape index (κ2) is 4.71. The summed E-state index contributed by atoms with van der Waals surface area (Å²) in [5, 5.41) is 4.14. The summed E-state index contributed by atoms with van der Waals surface area (Å²) in [6.45, 7) is 5.51. The average Bonchev–Trinajstić information content (AvgIpc) is 3.09. The SMILES string of the molecule is Cc1cnc(Cl)c(NC2CC(C)N(C3CC3)C2)c1. The number of pyridine rings is 1. The molecule has 1 aliphatic heterocycles. The van der Waals surface area contributed by atoms with Crippen LogP contribution in [0.15, 0.2) is 12.3 Å². The lowest BCUT2D eigenvalue weighted by atomic mass is 10.2. The number of anilines is 1. The molecule has 2 atom stereocenters. The van der Waals surface area contributed by atoms with E-state index in [-0.39, 0.29) is 0 Å². The first-order chi connectivity index (χ1) is 8.63. The lowest BCUT2D eigenvalue weighted by Gasteiger charge is -2.20. The average molecular weight is 266 g/mol. The molecule has 1 N–H and O–H groups in total. The van der Waals surface area contributed by atoms with E-state index in [4.69, 9.17) is 11.6 Å². The molecule has 0 spiro atoms. The smallest absolute Gasteiger partial charge is 0.152 e. The van der Waals surface area contributed by atoms with Crippen molar-refractivity contribution >= 4 is 17.3 Å². The van der Waals surface area contributed by atoms with Gasteiger partial charge in [-0.25, -0.2) is 4.98 Å². The Morgan fingerprint density at radius 3 is 2.94 bits per heavy atom. The van der Waals surface area contributed by atoms with Crippen LogP contribution in [-0.2, 0) is 0 Å². The molecule has 2 unspecified atom stereocenters. The molecule has 2 aliphatic rings. The van der Waals surface area contributed by atoms with Crippen LogP contribution in [0, 0.1) is 6.92 Å². The quantitative estimate of drug-likeness (QED) is 0.852. The summed E-state index contributed by atoms with van der Waals surface area (Å²) >= 11 is 6.14. The molecule has 0 aromatic carbocycles. The third-order valence-electron chi connectivity index (χ3n) is 3.97. The number of aryl methyl sites for hydroxylation is 1. The van der Waals surface area contributed by atoms with Crippen LogP contribution in [0.5, 0.6) is 0 Å². The van der Waals surface area contributed by atoms with Crippen LogP contribution in [0.25, 0.3) is 0 Å². The molecule has 1 saturated heterocycles. The predicted molar refractivity (Wildman–Crippen MR) is 75.2 cm³/mol. The summed E-state index contributed by atoms with van der Waals surface area (Å²) in [5.41, 5.74) is 2.12. The fourth-order valence-corrected chi connectivity index (χ4v) is 3.11. The minimum atomic E-state index is 0.502. The van der Waals surface area contributed by atoms with E-state index in [9.17, 15) is 0 Å². The Balaban J connectivity index is 1.68. The maximum absolute atomic E-state index is 6.14. The van der Waals surface area contributed by atoms with Gasteiger partial charge in [0.1, 0.15) is 0 Å². The molecule has 2 fully saturated rings. The highest BCUT2D eigenvalue weighted by atomic mass is 35.5. The summed E-state index contributed by atoms with van der Waals surface area (Å²) in [7, 11) is 0. The Morgan fingerprint density at radius 1 is 1.44 bits per heavy atom. The van der Waals surface area contributed by atoms with Gasteiger partial charge in [0.15, 0.2) is 5.15 Å². The van der Waals surface area contributed by atoms with Gasteiger partial charge in [0.2, 0.25) is 0 Å². The lowest BCUT2D eigenvalue weighted by molar-refractivity contribution is 0.257. The zero-order valence-corrected chi connectivity index (χ0v) is 11.7. The van der Waals surface area contributed by atoms with Gasteiger partial charge in [-0.15, -0.1) is 0 Å². The molecular weight excluding hydrogens is 246 g/mol. The van der Waals surface area contributed by atoms with E-state index >= 15 is 0 Å². The minimum Gasteiger partial charge on any atom is -0.378 e. The molecular formula is C14H20ClN3. The lowest BCUT2D eigenvalue weighted by Crippen LogP contribution is -2.31. The first-order valence-corrected chi connectivity index (χ1v) is 7.15. The molecule has 0 amide bonds. The number of aromatic nitrogens is 1. The molecule has 3 rings (SSSR count). The van der Waals surface area contributed by atoms with Gasteiger partial charge < -0.3 is 5.32 Å². The largest absolute Gasteiger partial charge is 0.378 e. The number of likely N-dealkylation sites (tertiary alicyclic amines) is 1. The fourth-order valence-electron chi connectivity index (χ4n) is 2.95. The van der Waals surface area contributed by atoms with E-state index in [2.05, 4.69) is 28.2 Å². The summed E-state index contributed by atoms with van der Waals surface area (Å²) in [4.78, 5) is 6.83. The highest BCUT2D eigenvalue weighted by molar-refractivity contribution is 6.31. The summed E-state index contributed by atoms with van der Waals surface area (Å²) < 4.78 is 0. The van der Waals surface area contributed by atoms with Crippen molar-refractivity contribution in [3.8, 4) is 0 Å². The highest BCUT2D eigenvalue weighted by Gasteiger charge is 2.38. The monoisotopic (exact) mass is 265 g/mol. The van der Waals surface area contributed by atoms with E-state index in [0.717, 1.165) is 23.8 Å². The van der Waals surface area contributed by atoms with E-state index in [0.29, 0.717) is 17.2 Å². The maximum atomic E-state index is 6.14. The van der Waals surface area contributed by atoms with Gasteiger partial charge >= 0.3 is 0 Å². The molecule has 98 valence electrons. The summed E-state index contributed by atoms with van der Waals surface area (Å²) in [5.74, 6) is 0. The molecule has 1 aromatic rings. The van der Waals surface area contributed by atoms with Crippen molar-refractivity contribution in [3.63, 3.8) is 0 Å². The van der Waals surface area contributed by atoms with E-state index < -0.39 is 0 Å². The molecule has 18 heavy (non-hydrogen) atoms. The number of halogens is 1. The van der Waals surface area contributed by atoms with Gasteiger partial charge in [-0.1, -0.05) is 11.6 Å². The second-order valence-corrected chi connectivity index (χ2v) is 6.06. The molecule has 2 heterocycles. The Labute approximate surface area is 114 Å². The molecule has 4 heteroatoms. The molecule has 3 nitrogen and oxygen atoms in total. The van der Waals surface area contributed by atoms with E-state index in [1.807, 2.05) is 6.92 Å². The minimum absolute atomic E-state index is 0.502. The zero-order valence-electron chi connectivity index (χ0n) is 11.0. The third-order valence-corrected chi connectivity index (χ3v) is 4.28. The van der Waals surface area contributed by atoms with Crippen molar-refractivity contribution in [2.24, 2.45) is 0 Å². The Morgan fingerprint density at radius 2 is 2.22 bits per heavy atom. The van der Waals surface area contributed by atoms with Crippen molar-refractivity contribution in [2.45, 2.75) is 51.2 Å². The summed E-state index contributed by atoms with van der Waals surface area (Å²) in [6, 6.07) is 4.12. The predicted octanol–water partition coefficient (Wildman–Crippen LogP) is 3.08. The number of rotatable bonds is 3. The van der Waals surface area contributed by atoms with E-state index in [1.165, 1.54) is 19.3 Å². The maximum Gasteiger partial charge on any atom is 0.152 e. The van der Waals surface area contributed by atoms with Crippen LogP contribution in [0.2, 0.25) is 5.15 Å². The van der Waals surface area contributed by atoms with Gasteiger partial charge in [0.25, 0.3) is 0 Å². The van der Waals surface area contributed by atoms with Crippen LogP contribution in [0.4, 0.5) is 5.69 Å². The number of nitrogens with zero attached hydrogens (tertiary/aromatic N) is 2. The van der Waals surface area contributed by atoms with Crippen LogP contribution in [0.1, 0.15) is 31.7 Å². The van der Waals surface area contributed by atoms with Gasteiger partial charge in [-0.3, -0.25) is 4.90 Å². The van der Waals surface area contributed by atoms with Crippen LogP contribution < -0.4 is 5.32 Å². The van der Waals surface area contributed by atoms with Crippen LogP contribution >= 0.6 is 11.6 Å². The molecule has 1 saturated carbocycles. The van der Waals surface area contributed by atoms with Gasteiger partial charge in [-0.2, -0.15) is 0 Å². The topological polar surface area (TPSA) is 28.2 Å². The normalized spacial score (nSPS) is 28.6. The first-order valence-electron chi connectivity index (χ1n) is 6.78. The van der Waals surface area contributed by atoms with Gasteiger partial charge in [-0.05, 0) is 44.7 Å². The zero-order chi connectivity index (χ0) is 12.7. The fraction of sp³-hybridized carbons (Fsp3) is 0.643. The first kappa shape index (κ1) is 12.2. The Bertz CT molecular complexity index is 445. The van der Waals surface area contributed by atoms with Gasteiger partial charge in [0, 0.05) is 30.9 Å². The molecule has 0 bridgehead atoms. The Hall–Kier alpha value is -0.800. The van der Waals surface area contributed by atoms with Crippen molar-refractivity contribution in [3.05, 3.63) is 23.0 Å². The van der Waals surface area contributed by atoms with Gasteiger partial charge in [0.05, 0.1) is 5.69 Å². The standard InChI is InChI=1S/C14H20ClN3/c1-9-5-13(14(15)16-7-9)17-11-6-10(2)18(8-11)12-3-4-12/h5,7,10-12,17H,3-4,6,8H2,1-2H3. The van der Waals surface area contributed by atoms with Crippen molar-refractivity contribution in [1.29, 1.82) is 0 Å². The molecule has 1 aliphatic carbocycles. The third kappa shape index (κ3) is 2.47. The van der Waals surface area contributed by atoms with Crippen molar-refractivity contribution < 1.29 is 0 Å². The van der Waals surface area contributed by atoms with Crippen LogP contribution in [0.3, 0.4) is 0 Å². The van der Waals surface area contributed by atoms with Crippen molar-refractivity contribution in [1.82, 2.24) is 9.88 Å². The molecule has 0 radical (unpaired) electrons.